The molecule has 0 aliphatic carbocycles. The Hall–Kier alpha value is -4.11. The minimum Gasteiger partial charge on any atom is -0.455 e. The number of rotatable bonds is 8. The molecule has 16 heteroatoms. The molecule has 0 aliphatic rings. The number of aromatic nitrogens is 6. The average molecular weight is 587 g/mol. The molecule has 0 bridgehead atoms. The Morgan fingerprint density at radius 3 is 2.30 bits per heavy atom. The van der Waals surface area contributed by atoms with E-state index in [9.17, 15) is 36.6 Å². The fourth-order valence-corrected chi connectivity index (χ4v) is 3.91. The molecule has 1 N–H and O–H groups in total. The third kappa shape index (κ3) is 6.04. The number of halogens is 6. The van der Waals surface area contributed by atoms with Crippen LogP contribution in [0.25, 0.3) is 17.1 Å². The average Bonchev–Trinajstić information content (AvgIpc) is 3.40. The molecule has 0 fully saturated rings. The van der Waals surface area contributed by atoms with Crippen LogP contribution in [-0.2, 0) is 22.6 Å². The van der Waals surface area contributed by atoms with Gasteiger partial charge in [0.2, 0.25) is 0 Å². The van der Waals surface area contributed by atoms with E-state index in [1.165, 1.54) is 31.2 Å². The van der Waals surface area contributed by atoms with Crippen molar-refractivity contribution in [3.63, 3.8) is 0 Å². The maximum atomic E-state index is 14.6. The zero-order valence-electron chi connectivity index (χ0n) is 20.7. The number of nitrogens with zero attached hydrogens (tertiary/aromatic N) is 6. The normalized spacial score (nSPS) is 13.3. The molecule has 2 unspecified atom stereocenters. The fraction of sp³-hybridized carbons (Fsp3) is 0.292. The summed E-state index contributed by atoms with van der Waals surface area (Å²) in [5, 5.41) is 18.1. The first-order chi connectivity index (χ1) is 18.8. The minimum absolute atomic E-state index is 0.202. The predicted molar refractivity (Wildman–Crippen MR) is 130 cm³/mol. The fourth-order valence-electron chi connectivity index (χ4n) is 3.79. The number of aliphatic hydroxyl groups excluding tert-OH is 1. The van der Waals surface area contributed by atoms with Crippen molar-refractivity contribution < 1.29 is 36.6 Å². The molecular weight excluding hydrogens is 567 g/mol. The minimum atomic E-state index is -5.02. The van der Waals surface area contributed by atoms with Crippen LogP contribution in [0.1, 0.15) is 31.6 Å². The number of carbonyl (C=O) groups excluding carboxylic acids is 1. The van der Waals surface area contributed by atoms with Crippen LogP contribution in [0.3, 0.4) is 0 Å². The number of hydrogen-bond donors (Lipinski definition) is 1. The van der Waals surface area contributed by atoms with E-state index >= 15 is 0 Å². The summed E-state index contributed by atoms with van der Waals surface area (Å²) < 4.78 is 75.8. The summed E-state index contributed by atoms with van der Waals surface area (Å²) in [5.74, 6) is -3.41. The van der Waals surface area contributed by atoms with Crippen LogP contribution in [0.4, 0.5) is 22.0 Å². The molecule has 0 amide bonds. The predicted octanol–water partition coefficient (Wildman–Crippen LogP) is 3.82. The molecule has 10 nitrogen and oxygen atoms in total. The lowest BCUT2D eigenvalue weighted by molar-refractivity contribution is -0.207. The van der Waals surface area contributed by atoms with Crippen molar-refractivity contribution in [1.29, 1.82) is 0 Å². The largest absolute Gasteiger partial charge is 0.455 e. The van der Waals surface area contributed by atoms with Crippen molar-refractivity contribution in [2.24, 2.45) is 0 Å². The van der Waals surface area contributed by atoms with Gasteiger partial charge in [-0.1, -0.05) is 17.7 Å². The van der Waals surface area contributed by atoms with Gasteiger partial charge < -0.3 is 9.84 Å². The molecule has 0 aliphatic heterocycles. The van der Waals surface area contributed by atoms with E-state index in [4.69, 9.17) is 16.3 Å². The highest BCUT2D eigenvalue weighted by Gasteiger charge is 2.39. The summed E-state index contributed by atoms with van der Waals surface area (Å²) in [6, 6.07) is 8.75. The van der Waals surface area contributed by atoms with Gasteiger partial charge >= 0.3 is 17.8 Å². The lowest BCUT2D eigenvalue weighted by Crippen LogP contribution is -2.37. The molecule has 0 saturated carbocycles. The number of benzene rings is 2. The van der Waals surface area contributed by atoms with Crippen LogP contribution in [0.15, 0.2) is 47.3 Å². The van der Waals surface area contributed by atoms with Crippen molar-refractivity contribution in [3.05, 3.63) is 81.3 Å². The van der Waals surface area contributed by atoms with E-state index in [1.54, 1.807) is 0 Å². The van der Waals surface area contributed by atoms with Gasteiger partial charge in [-0.3, -0.25) is 9.36 Å². The molecule has 212 valence electrons. The van der Waals surface area contributed by atoms with Gasteiger partial charge in [0.1, 0.15) is 12.2 Å². The number of hydrogen-bond acceptors (Lipinski definition) is 7. The number of aliphatic hydroxyl groups is 1. The van der Waals surface area contributed by atoms with Gasteiger partial charge in [0.05, 0.1) is 6.54 Å². The molecule has 2 atom stereocenters. The summed E-state index contributed by atoms with van der Waals surface area (Å²) in [6.07, 6.45) is -9.05. The summed E-state index contributed by atoms with van der Waals surface area (Å²) in [6.45, 7) is 0.763. The second kappa shape index (κ2) is 11.2. The molecule has 0 radical (unpaired) electrons. The van der Waals surface area contributed by atoms with Gasteiger partial charge in [0.15, 0.2) is 41.3 Å². The topological polar surface area (TPSA) is 117 Å². The van der Waals surface area contributed by atoms with E-state index in [0.717, 1.165) is 34.5 Å². The van der Waals surface area contributed by atoms with Crippen molar-refractivity contribution in [3.8, 4) is 17.1 Å². The zero-order chi connectivity index (χ0) is 29.4. The highest BCUT2D eigenvalue weighted by molar-refractivity contribution is 6.30. The van der Waals surface area contributed by atoms with Crippen molar-refractivity contribution in [1.82, 2.24) is 29.1 Å². The Morgan fingerprint density at radius 2 is 1.73 bits per heavy atom. The molecule has 0 saturated heterocycles. The molecule has 2 heterocycles. The standard InChI is InChI=1S/C24H20ClF5N6O4/c1-12(40-13(2)37)21-31-19(32-36(21)20-16(26)4-3-5-17(20)27)11-35-23(39)34(10-18(38)24(28,29)30)22(33-35)14-6-8-15(25)9-7-14/h3-9,12,18,38H,10-11H2,1-2H3. The summed E-state index contributed by atoms with van der Waals surface area (Å²) in [7, 11) is 0. The summed E-state index contributed by atoms with van der Waals surface area (Å²) >= 11 is 5.89. The smallest absolute Gasteiger partial charge is 0.416 e. The Kier molecular flexibility index (Phi) is 8.07. The Balaban J connectivity index is 1.82. The van der Waals surface area contributed by atoms with E-state index in [0.29, 0.717) is 9.59 Å². The SMILES string of the molecule is CC(=O)OC(C)c1nc(Cn2nc(-c3ccc(Cl)cc3)n(CC(O)C(F)(F)F)c2=O)nn1-c1c(F)cccc1F. The quantitative estimate of drug-likeness (QED) is 0.246. The molecular formula is C24H20ClF5N6O4. The van der Waals surface area contributed by atoms with Gasteiger partial charge in [0.25, 0.3) is 0 Å². The van der Waals surface area contributed by atoms with Crippen LogP contribution in [0, 0.1) is 11.6 Å². The highest BCUT2D eigenvalue weighted by Crippen LogP contribution is 2.26. The van der Waals surface area contributed by atoms with Crippen LogP contribution >= 0.6 is 11.6 Å². The lowest BCUT2D eigenvalue weighted by Gasteiger charge is -2.15. The van der Waals surface area contributed by atoms with Gasteiger partial charge in [-0.05, 0) is 43.3 Å². The zero-order valence-corrected chi connectivity index (χ0v) is 21.5. The first-order valence-electron chi connectivity index (χ1n) is 11.5. The number of alkyl halides is 3. The number of esters is 1. The lowest BCUT2D eigenvalue weighted by atomic mass is 10.2. The van der Waals surface area contributed by atoms with Crippen molar-refractivity contribution >= 4 is 17.6 Å². The number of carbonyl (C=O) groups is 1. The van der Waals surface area contributed by atoms with Crippen LogP contribution < -0.4 is 5.69 Å². The van der Waals surface area contributed by atoms with Crippen LogP contribution in [0.5, 0.6) is 0 Å². The van der Waals surface area contributed by atoms with Crippen molar-refractivity contribution in [2.75, 3.05) is 0 Å². The van der Waals surface area contributed by atoms with Crippen molar-refractivity contribution in [2.45, 2.75) is 45.3 Å². The Morgan fingerprint density at radius 1 is 1.10 bits per heavy atom. The van der Waals surface area contributed by atoms with E-state index < -0.39 is 60.5 Å². The van der Waals surface area contributed by atoms with Crippen LogP contribution in [0.2, 0.25) is 5.02 Å². The first kappa shape index (κ1) is 28.9. The highest BCUT2D eigenvalue weighted by atomic mass is 35.5. The van der Waals surface area contributed by atoms with Gasteiger partial charge in [0, 0.05) is 17.5 Å². The molecule has 4 rings (SSSR count). The maximum absolute atomic E-state index is 14.6. The molecule has 40 heavy (non-hydrogen) atoms. The third-order valence-corrected chi connectivity index (χ3v) is 5.83. The summed E-state index contributed by atoms with van der Waals surface area (Å²) in [4.78, 5) is 28.8. The van der Waals surface area contributed by atoms with E-state index in [2.05, 4.69) is 15.2 Å². The summed E-state index contributed by atoms with van der Waals surface area (Å²) in [5.41, 5.74) is -1.48. The first-order valence-corrected chi connectivity index (χ1v) is 11.9. The van der Waals surface area contributed by atoms with Gasteiger partial charge in [-0.2, -0.15) is 13.2 Å². The second-order valence-corrected chi connectivity index (χ2v) is 9.00. The Labute approximate surface area is 227 Å². The number of ether oxygens (including phenoxy) is 1. The monoisotopic (exact) mass is 586 g/mol. The maximum Gasteiger partial charge on any atom is 0.416 e. The molecule has 0 spiro atoms. The van der Waals surface area contributed by atoms with E-state index in [1.807, 2.05) is 0 Å². The second-order valence-electron chi connectivity index (χ2n) is 8.56. The molecule has 4 aromatic rings. The van der Waals surface area contributed by atoms with Crippen LogP contribution in [-0.4, -0.2) is 52.5 Å². The third-order valence-electron chi connectivity index (χ3n) is 5.58. The number of para-hydroxylation sites is 1. The van der Waals surface area contributed by atoms with Gasteiger partial charge in [-0.15, -0.1) is 10.2 Å². The molecule has 2 aromatic carbocycles. The molecule has 2 aromatic heterocycles. The Bertz CT molecular complexity index is 1580. The van der Waals surface area contributed by atoms with Gasteiger partial charge in [-0.25, -0.2) is 27.9 Å². The van der Waals surface area contributed by atoms with E-state index in [-0.39, 0.29) is 23.0 Å².